The number of carbonyl (C=O) groups is 2. The van der Waals surface area contributed by atoms with Crippen LogP contribution in [0.5, 0.6) is 0 Å². The van der Waals surface area contributed by atoms with E-state index in [2.05, 4.69) is 15.2 Å². The molecule has 0 aromatic carbocycles. The van der Waals surface area contributed by atoms with E-state index in [9.17, 15) is 9.90 Å². The predicted octanol–water partition coefficient (Wildman–Crippen LogP) is 1.55. The Balaban J connectivity index is 0.000000775. The molecule has 2 aromatic rings. The maximum absolute atomic E-state index is 12.9. The van der Waals surface area contributed by atoms with Crippen LogP contribution >= 0.6 is 0 Å². The fourth-order valence-corrected chi connectivity index (χ4v) is 4.96. The average molecular weight is 445 g/mol. The number of hydrogen-bond donors (Lipinski definition) is 3. The number of likely N-dealkylation sites (tertiary alicyclic amines) is 1. The Labute approximate surface area is 187 Å². The fourth-order valence-electron chi connectivity index (χ4n) is 4.96. The molecular weight excluding hydrogens is 412 g/mol. The summed E-state index contributed by atoms with van der Waals surface area (Å²) in [7, 11) is 0. The van der Waals surface area contributed by atoms with Crippen molar-refractivity contribution < 1.29 is 24.5 Å². The van der Waals surface area contributed by atoms with Crippen LogP contribution in [0.15, 0.2) is 30.6 Å². The Morgan fingerprint density at radius 2 is 2.03 bits per heavy atom. The number of aromatic nitrogens is 2. The van der Waals surface area contributed by atoms with Gasteiger partial charge in [0.1, 0.15) is 17.4 Å². The number of aliphatic hydroxyl groups is 1. The molecule has 2 saturated heterocycles. The van der Waals surface area contributed by atoms with Gasteiger partial charge in [0.25, 0.3) is 12.4 Å². The number of rotatable bonds is 4. The highest BCUT2D eigenvalue weighted by molar-refractivity contribution is 5.93. The summed E-state index contributed by atoms with van der Waals surface area (Å²) in [5, 5.41) is 21.3. The van der Waals surface area contributed by atoms with Crippen molar-refractivity contribution in [3.8, 4) is 0 Å². The molecule has 2 aliphatic heterocycles. The van der Waals surface area contributed by atoms with Gasteiger partial charge in [-0.05, 0) is 57.1 Å². The SMILES string of the molecule is C[C@]1(NC(=O)c2cn3ccccc3n2)CCOC2(CCN(CC3CC3)CC2)[C@@H]1O.O=CO. The van der Waals surface area contributed by atoms with E-state index in [1.807, 2.05) is 35.7 Å². The lowest BCUT2D eigenvalue weighted by Crippen LogP contribution is -2.69. The maximum atomic E-state index is 12.9. The minimum atomic E-state index is -0.743. The van der Waals surface area contributed by atoms with E-state index in [0.29, 0.717) is 18.7 Å². The predicted molar refractivity (Wildman–Crippen MR) is 117 cm³/mol. The summed E-state index contributed by atoms with van der Waals surface area (Å²) >= 11 is 0. The molecule has 0 unspecified atom stereocenters. The van der Waals surface area contributed by atoms with Crippen LogP contribution in [0.4, 0.5) is 0 Å². The standard InChI is InChI=1S/C22H30N4O3.CH2O2/c1-21(24-19(27)17-15-26-10-3-2-4-18(26)23-17)9-13-29-22(20(21)28)7-11-25(12-8-22)14-16-5-6-16;2-1-3/h2-4,10,15-16,20,28H,5-9,11-14H2,1H3,(H,24,27);1H,(H,2,3)/t20-,21+;/m1./s1. The minimum absolute atomic E-state index is 0.250. The third-order valence-corrected chi connectivity index (χ3v) is 7.02. The first kappa shape index (κ1) is 22.7. The number of amides is 1. The lowest BCUT2D eigenvalue weighted by atomic mass is 9.73. The normalized spacial score (nSPS) is 27.5. The number of aliphatic hydroxyl groups excluding tert-OH is 1. The van der Waals surface area contributed by atoms with Crippen molar-refractivity contribution in [1.29, 1.82) is 0 Å². The molecule has 3 fully saturated rings. The summed E-state index contributed by atoms with van der Waals surface area (Å²) in [4.78, 5) is 28.2. The van der Waals surface area contributed by atoms with Gasteiger partial charge in [0.05, 0.1) is 11.1 Å². The second-order valence-corrected chi connectivity index (χ2v) is 9.38. The highest BCUT2D eigenvalue weighted by Gasteiger charge is 2.54. The molecule has 1 amide bonds. The first-order valence-corrected chi connectivity index (χ1v) is 11.3. The van der Waals surface area contributed by atoms with Gasteiger partial charge in [-0.3, -0.25) is 9.59 Å². The molecule has 32 heavy (non-hydrogen) atoms. The molecule has 1 saturated carbocycles. The molecule has 0 bridgehead atoms. The first-order chi connectivity index (χ1) is 15.4. The number of hydrogen-bond acceptors (Lipinski definition) is 6. The molecule has 3 aliphatic rings. The number of carbonyl (C=O) groups excluding carboxylic acids is 1. The lowest BCUT2D eigenvalue weighted by molar-refractivity contribution is -0.205. The number of piperidine rings is 1. The molecule has 174 valence electrons. The minimum Gasteiger partial charge on any atom is -0.483 e. The van der Waals surface area contributed by atoms with Gasteiger partial charge < -0.3 is 29.6 Å². The molecule has 9 nitrogen and oxygen atoms in total. The number of fused-ring (bicyclic) bond motifs is 1. The van der Waals surface area contributed by atoms with Gasteiger partial charge in [-0.15, -0.1) is 0 Å². The number of carboxylic acid groups (broad SMARTS) is 1. The fraction of sp³-hybridized carbons (Fsp3) is 0.609. The third-order valence-electron chi connectivity index (χ3n) is 7.02. The average Bonchev–Trinajstić information content (AvgIpc) is 3.48. The van der Waals surface area contributed by atoms with E-state index in [1.165, 1.54) is 19.4 Å². The zero-order chi connectivity index (χ0) is 22.8. The van der Waals surface area contributed by atoms with Gasteiger partial charge in [-0.2, -0.15) is 0 Å². The van der Waals surface area contributed by atoms with Crippen LogP contribution in [-0.4, -0.2) is 80.4 Å². The van der Waals surface area contributed by atoms with Gasteiger partial charge in [0, 0.05) is 38.6 Å². The lowest BCUT2D eigenvalue weighted by Gasteiger charge is -2.53. The summed E-state index contributed by atoms with van der Waals surface area (Å²) in [6.45, 7) is 5.30. The molecular formula is C23H32N4O5. The molecule has 4 heterocycles. The van der Waals surface area contributed by atoms with Crippen LogP contribution in [0.1, 0.15) is 49.5 Å². The maximum Gasteiger partial charge on any atom is 0.290 e. The van der Waals surface area contributed by atoms with E-state index in [1.54, 1.807) is 6.20 Å². The summed E-state index contributed by atoms with van der Waals surface area (Å²) in [6, 6.07) is 5.67. The van der Waals surface area contributed by atoms with E-state index in [0.717, 1.165) is 37.5 Å². The van der Waals surface area contributed by atoms with Crippen molar-refractivity contribution in [3.63, 3.8) is 0 Å². The summed E-state index contributed by atoms with van der Waals surface area (Å²) < 4.78 is 8.00. The van der Waals surface area contributed by atoms with Crippen LogP contribution in [0.3, 0.4) is 0 Å². The highest BCUT2D eigenvalue weighted by atomic mass is 16.5. The van der Waals surface area contributed by atoms with E-state index in [-0.39, 0.29) is 12.4 Å². The zero-order valence-electron chi connectivity index (χ0n) is 18.4. The van der Waals surface area contributed by atoms with E-state index < -0.39 is 17.2 Å². The second kappa shape index (κ2) is 9.17. The van der Waals surface area contributed by atoms with Gasteiger partial charge in [-0.25, -0.2) is 4.98 Å². The van der Waals surface area contributed by atoms with Gasteiger partial charge in [0.2, 0.25) is 0 Å². The number of nitrogens with one attached hydrogen (secondary N) is 1. The molecule has 1 spiro atoms. The number of imidazole rings is 1. The van der Waals surface area contributed by atoms with Gasteiger partial charge in [-0.1, -0.05) is 6.07 Å². The Kier molecular flexibility index (Phi) is 6.50. The summed E-state index contributed by atoms with van der Waals surface area (Å²) in [5.74, 6) is 0.620. The molecule has 0 radical (unpaired) electrons. The molecule has 5 rings (SSSR count). The Morgan fingerprint density at radius 1 is 1.31 bits per heavy atom. The van der Waals surface area contributed by atoms with Crippen LogP contribution in [-0.2, 0) is 9.53 Å². The summed E-state index contributed by atoms with van der Waals surface area (Å²) in [6.07, 6.45) is 7.76. The monoisotopic (exact) mass is 444 g/mol. The largest absolute Gasteiger partial charge is 0.483 e. The molecule has 3 N–H and O–H groups in total. The molecule has 2 atom stereocenters. The topological polar surface area (TPSA) is 116 Å². The Hall–Kier alpha value is -2.49. The first-order valence-electron chi connectivity index (χ1n) is 11.3. The quantitative estimate of drug-likeness (QED) is 0.613. The molecule has 1 aliphatic carbocycles. The third kappa shape index (κ3) is 4.65. The smallest absolute Gasteiger partial charge is 0.290 e. The van der Waals surface area contributed by atoms with Crippen molar-refractivity contribution in [2.24, 2.45) is 5.92 Å². The molecule has 9 heteroatoms. The molecule has 2 aromatic heterocycles. The van der Waals surface area contributed by atoms with Crippen molar-refractivity contribution in [2.45, 2.75) is 56.3 Å². The van der Waals surface area contributed by atoms with Crippen molar-refractivity contribution >= 4 is 18.0 Å². The van der Waals surface area contributed by atoms with Crippen LogP contribution in [0, 0.1) is 5.92 Å². The van der Waals surface area contributed by atoms with Crippen molar-refractivity contribution in [1.82, 2.24) is 19.6 Å². The van der Waals surface area contributed by atoms with Gasteiger partial charge in [0.15, 0.2) is 0 Å². The van der Waals surface area contributed by atoms with Crippen molar-refractivity contribution in [2.75, 3.05) is 26.2 Å². The van der Waals surface area contributed by atoms with Gasteiger partial charge >= 0.3 is 0 Å². The van der Waals surface area contributed by atoms with Crippen LogP contribution in [0.25, 0.3) is 5.65 Å². The van der Waals surface area contributed by atoms with Crippen LogP contribution in [0.2, 0.25) is 0 Å². The highest BCUT2D eigenvalue weighted by Crippen LogP contribution is 2.41. The van der Waals surface area contributed by atoms with Crippen molar-refractivity contribution in [3.05, 3.63) is 36.3 Å². The van der Waals surface area contributed by atoms with E-state index in [4.69, 9.17) is 14.6 Å². The number of ether oxygens (including phenoxy) is 1. The zero-order valence-corrected chi connectivity index (χ0v) is 18.4. The number of pyridine rings is 1. The Bertz CT molecular complexity index is 918. The number of nitrogens with zero attached hydrogens (tertiary/aromatic N) is 3. The van der Waals surface area contributed by atoms with E-state index >= 15 is 0 Å². The summed E-state index contributed by atoms with van der Waals surface area (Å²) in [5.41, 5.74) is -0.206. The van der Waals surface area contributed by atoms with Crippen LogP contribution < -0.4 is 5.32 Å². The second-order valence-electron chi connectivity index (χ2n) is 9.38. The Morgan fingerprint density at radius 3 is 2.69 bits per heavy atom.